The molecule has 1 aliphatic rings. The Morgan fingerprint density at radius 2 is 2.23 bits per heavy atom. The number of nitrogens with two attached hydrogens (primary N) is 1. The maximum atomic E-state index is 5.73. The van der Waals surface area contributed by atoms with E-state index in [2.05, 4.69) is 26.8 Å². The van der Waals surface area contributed by atoms with Crippen molar-refractivity contribution in [2.75, 3.05) is 0 Å². The lowest BCUT2D eigenvalue weighted by Crippen LogP contribution is -2.18. The van der Waals surface area contributed by atoms with Crippen molar-refractivity contribution in [3.05, 3.63) is 11.6 Å². The third-order valence-electron chi connectivity index (χ3n) is 2.84. The summed E-state index contributed by atoms with van der Waals surface area (Å²) in [7, 11) is 0. The standard InChI is InChI=1S/C12H23N/c1-10(13)6-7-11-5-4-8-12(2,3)9-11/h7,10H,4-6,8-9,13H2,1-3H3/b11-7+. The van der Waals surface area contributed by atoms with Gasteiger partial charge in [-0.3, -0.25) is 0 Å². The molecule has 1 heteroatoms. The number of hydrogen-bond donors (Lipinski definition) is 1. The van der Waals surface area contributed by atoms with E-state index in [0.717, 1.165) is 6.42 Å². The zero-order valence-corrected chi connectivity index (χ0v) is 9.27. The van der Waals surface area contributed by atoms with Crippen molar-refractivity contribution in [1.29, 1.82) is 0 Å². The molecule has 13 heavy (non-hydrogen) atoms. The Morgan fingerprint density at radius 3 is 2.77 bits per heavy atom. The van der Waals surface area contributed by atoms with Crippen molar-refractivity contribution >= 4 is 0 Å². The molecule has 0 aliphatic heterocycles. The fraction of sp³-hybridized carbons (Fsp3) is 0.833. The topological polar surface area (TPSA) is 26.0 Å². The molecule has 0 spiro atoms. The lowest BCUT2D eigenvalue weighted by Gasteiger charge is -2.31. The molecule has 1 nitrogen and oxygen atoms in total. The van der Waals surface area contributed by atoms with E-state index < -0.39 is 0 Å². The van der Waals surface area contributed by atoms with Crippen LogP contribution in [0.5, 0.6) is 0 Å². The van der Waals surface area contributed by atoms with Crippen molar-refractivity contribution < 1.29 is 0 Å². The van der Waals surface area contributed by atoms with Crippen LogP contribution in [0.4, 0.5) is 0 Å². The van der Waals surface area contributed by atoms with E-state index in [9.17, 15) is 0 Å². The Kier molecular flexibility index (Phi) is 3.55. The molecule has 1 rings (SSSR count). The maximum Gasteiger partial charge on any atom is 0.00450 e. The minimum atomic E-state index is 0.317. The second-order valence-electron chi connectivity index (χ2n) is 5.27. The summed E-state index contributed by atoms with van der Waals surface area (Å²) in [5.74, 6) is 0. The fourth-order valence-electron chi connectivity index (χ4n) is 2.11. The quantitative estimate of drug-likeness (QED) is 0.650. The zero-order chi connectivity index (χ0) is 9.90. The van der Waals surface area contributed by atoms with Crippen molar-refractivity contribution in [2.45, 2.75) is 58.9 Å². The zero-order valence-electron chi connectivity index (χ0n) is 9.27. The third kappa shape index (κ3) is 3.95. The highest BCUT2D eigenvalue weighted by atomic mass is 14.6. The summed E-state index contributed by atoms with van der Waals surface area (Å²) >= 11 is 0. The van der Waals surface area contributed by atoms with Crippen LogP contribution in [0.15, 0.2) is 11.6 Å². The summed E-state index contributed by atoms with van der Waals surface area (Å²) in [6.45, 7) is 6.81. The van der Waals surface area contributed by atoms with Gasteiger partial charge in [-0.05, 0) is 44.4 Å². The molecule has 0 bridgehead atoms. The molecule has 0 heterocycles. The molecule has 2 N–H and O–H groups in total. The minimum Gasteiger partial charge on any atom is -0.328 e. The van der Waals surface area contributed by atoms with Crippen LogP contribution in [-0.4, -0.2) is 6.04 Å². The van der Waals surface area contributed by atoms with Crippen LogP contribution in [-0.2, 0) is 0 Å². The Bertz CT molecular complexity index is 189. The van der Waals surface area contributed by atoms with Gasteiger partial charge in [0.05, 0.1) is 0 Å². The van der Waals surface area contributed by atoms with Gasteiger partial charge in [0.15, 0.2) is 0 Å². The minimum absolute atomic E-state index is 0.317. The number of hydrogen-bond acceptors (Lipinski definition) is 1. The molecule has 0 radical (unpaired) electrons. The Labute approximate surface area is 82.4 Å². The highest BCUT2D eigenvalue weighted by molar-refractivity contribution is 5.08. The molecule has 0 amide bonds. The van der Waals surface area contributed by atoms with E-state index in [-0.39, 0.29) is 0 Å². The van der Waals surface area contributed by atoms with E-state index in [1.165, 1.54) is 25.7 Å². The summed E-state index contributed by atoms with van der Waals surface area (Å²) in [5.41, 5.74) is 7.90. The van der Waals surface area contributed by atoms with Crippen LogP contribution in [0, 0.1) is 5.41 Å². The Hall–Kier alpha value is -0.300. The number of allylic oxidation sites excluding steroid dienone is 1. The SMILES string of the molecule is CC(N)C/C=C1\CCCC(C)(C)C1. The van der Waals surface area contributed by atoms with Crippen LogP contribution in [0.25, 0.3) is 0 Å². The molecule has 1 saturated carbocycles. The first-order chi connectivity index (χ1) is 5.99. The molecule has 0 saturated heterocycles. The van der Waals surface area contributed by atoms with Crippen LogP contribution in [0.2, 0.25) is 0 Å². The summed E-state index contributed by atoms with van der Waals surface area (Å²) in [5, 5.41) is 0. The van der Waals surface area contributed by atoms with Gasteiger partial charge in [-0.15, -0.1) is 0 Å². The van der Waals surface area contributed by atoms with E-state index in [1.807, 2.05) is 0 Å². The second kappa shape index (κ2) is 4.28. The Balaban J connectivity index is 2.46. The van der Waals surface area contributed by atoms with Gasteiger partial charge in [0.25, 0.3) is 0 Å². The third-order valence-corrected chi connectivity index (χ3v) is 2.84. The van der Waals surface area contributed by atoms with Gasteiger partial charge in [0, 0.05) is 6.04 Å². The first-order valence-corrected chi connectivity index (χ1v) is 5.43. The van der Waals surface area contributed by atoms with E-state index >= 15 is 0 Å². The van der Waals surface area contributed by atoms with Gasteiger partial charge in [0.1, 0.15) is 0 Å². The normalized spacial score (nSPS) is 27.5. The fourth-order valence-corrected chi connectivity index (χ4v) is 2.11. The first kappa shape index (κ1) is 10.8. The molecular weight excluding hydrogens is 158 g/mol. The maximum absolute atomic E-state index is 5.73. The summed E-state index contributed by atoms with van der Waals surface area (Å²) in [6.07, 6.45) is 8.73. The molecule has 0 aromatic carbocycles. The van der Waals surface area contributed by atoms with Gasteiger partial charge in [-0.25, -0.2) is 0 Å². The monoisotopic (exact) mass is 181 g/mol. The van der Waals surface area contributed by atoms with Crippen LogP contribution in [0.1, 0.15) is 52.9 Å². The highest BCUT2D eigenvalue weighted by Gasteiger charge is 2.23. The molecule has 1 fully saturated rings. The first-order valence-electron chi connectivity index (χ1n) is 5.43. The van der Waals surface area contributed by atoms with Crippen molar-refractivity contribution in [3.8, 4) is 0 Å². The lowest BCUT2D eigenvalue weighted by atomic mass is 9.75. The van der Waals surface area contributed by atoms with Crippen LogP contribution < -0.4 is 5.73 Å². The van der Waals surface area contributed by atoms with E-state index in [0.29, 0.717) is 11.5 Å². The van der Waals surface area contributed by atoms with Gasteiger partial charge < -0.3 is 5.73 Å². The van der Waals surface area contributed by atoms with Crippen molar-refractivity contribution in [2.24, 2.45) is 11.1 Å². The van der Waals surface area contributed by atoms with E-state index in [4.69, 9.17) is 5.73 Å². The lowest BCUT2D eigenvalue weighted by molar-refractivity contribution is 0.288. The molecule has 0 aromatic rings. The highest BCUT2D eigenvalue weighted by Crippen LogP contribution is 2.38. The molecule has 0 aromatic heterocycles. The molecular formula is C12H23N. The van der Waals surface area contributed by atoms with Crippen molar-refractivity contribution in [3.63, 3.8) is 0 Å². The van der Waals surface area contributed by atoms with Gasteiger partial charge in [0.2, 0.25) is 0 Å². The van der Waals surface area contributed by atoms with Gasteiger partial charge >= 0.3 is 0 Å². The molecule has 1 aliphatic carbocycles. The smallest absolute Gasteiger partial charge is 0.00450 e. The molecule has 1 atom stereocenters. The van der Waals surface area contributed by atoms with Crippen molar-refractivity contribution in [1.82, 2.24) is 0 Å². The Morgan fingerprint density at radius 1 is 1.54 bits per heavy atom. The average Bonchev–Trinajstić information content (AvgIpc) is 1.99. The largest absolute Gasteiger partial charge is 0.328 e. The van der Waals surface area contributed by atoms with Gasteiger partial charge in [-0.2, -0.15) is 0 Å². The van der Waals surface area contributed by atoms with Crippen LogP contribution >= 0.6 is 0 Å². The van der Waals surface area contributed by atoms with Crippen LogP contribution in [0.3, 0.4) is 0 Å². The van der Waals surface area contributed by atoms with Gasteiger partial charge in [-0.1, -0.05) is 25.5 Å². The summed E-state index contributed by atoms with van der Waals surface area (Å²) in [4.78, 5) is 0. The second-order valence-corrected chi connectivity index (χ2v) is 5.27. The van der Waals surface area contributed by atoms with E-state index in [1.54, 1.807) is 5.57 Å². The predicted octanol–water partition coefficient (Wildman–Crippen LogP) is 3.25. The average molecular weight is 181 g/mol. The number of rotatable bonds is 2. The predicted molar refractivity (Wildman–Crippen MR) is 58.6 cm³/mol. The summed E-state index contributed by atoms with van der Waals surface area (Å²) in [6, 6.07) is 0.317. The molecule has 1 unspecified atom stereocenters. The molecule has 76 valence electrons. The summed E-state index contributed by atoms with van der Waals surface area (Å²) < 4.78 is 0.